The minimum absolute atomic E-state index is 0.654. The number of nitrogens with zero attached hydrogens (tertiary/aromatic N) is 1. The fraction of sp³-hybridized carbons (Fsp3) is 0.0833. The Morgan fingerprint density at radius 2 is 2.25 bits per heavy atom. The van der Waals surface area contributed by atoms with Crippen molar-refractivity contribution in [1.29, 1.82) is 5.26 Å². The Morgan fingerprint density at radius 3 is 2.88 bits per heavy atom. The molecule has 0 radical (unpaired) electrons. The smallest absolute Gasteiger partial charge is 0.100 e. The fourth-order valence-electron chi connectivity index (χ4n) is 1.32. The number of nitrogens with one attached hydrogen (secondary N) is 1. The average Bonchev–Trinajstić information content (AvgIpc) is 2.79. The lowest BCUT2D eigenvalue weighted by molar-refractivity contribution is 1.19. The molecule has 0 fully saturated rings. The molecule has 0 bridgehead atoms. The van der Waals surface area contributed by atoms with E-state index in [-0.39, 0.29) is 0 Å². The largest absolute Gasteiger partial charge is 0.380 e. The number of hydrogen-bond acceptors (Lipinski definition) is 3. The normalized spacial score (nSPS) is 9.75. The SMILES string of the molecule is N#Cc1ccc(NCc2cccs2)cc1Br. The second-order valence-electron chi connectivity index (χ2n) is 3.24. The van der Waals surface area contributed by atoms with E-state index in [1.807, 2.05) is 18.2 Å². The number of nitriles is 1. The molecular weight excluding hydrogens is 284 g/mol. The summed E-state index contributed by atoms with van der Waals surface area (Å²) in [5.41, 5.74) is 1.67. The Morgan fingerprint density at radius 1 is 1.38 bits per heavy atom. The lowest BCUT2D eigenvalue weighted by Gasteiger charge is -2.05. The molecule has 80 valence electrons. The first-order chi connectivity index (χ1) is 7.79. The van der Waals surface area contributed by atoms with Crippen LogP contribution in [0.25, 0.3) is 0 Å². The van der Waals surface area contributed by atoms with Gasteiger partial charge in [-0.2, -0.15) is 5.26 Å². The molecule has 0 aliphatic carbocycles. The van der Waals surface area contributed by atoms with E-state index < -0.39 is 0 Å². The Hall–Kier alpha value is -1.31. The van der Waals surface area contributed by atoms with Crippen LogP contribution >= 0.6 is 27.3 Å². The summed E-state index contributed by atoms with van der Waals surface area (Å²) >= 11 is 5.09. The van der Waals surface area contributed by atoms with Gasteiger partial charge in [0.25, 0.3) is 0 Å². The topological polar surface area (TPSA) is 35.8 Å². The van der Waals surface area contributed by atoms with Gasteiger partial charge in [-0.05, 0) is 45.6 Å². The number of hydrogen-bond donors (Lipinski definition) is 1. The fourth-order valence-corrected chi connectivity index (χ4v) is 2.43. The molecule has 2 rings (SSSR count). The summed E-state index contributed by atoms with van der Waals surface area (Å²) in [6.07, 6.45) is 0. The Labute approximate surface area is 107 Å². The summed E-state index contributed by atoms with van der Waals surface area (Å²) in [6.45, 7) is 0.815. The Bertz CT molecular complexity index is 514. The van der Waals surface area contributed by atoms with Crippen LogP contribution in [0.2, 0.25) is 0 Å². The van der Waals surface area contributed by atoms with Crippen molar-refractivity contribution >= 4 is 33.0 Å². The van der Waals surface area contributed by atoms with Gasteiger partial charge in [-0.1, -0.05) is 6.07 Å². The molecule has 0 amide bonds. The first-order valence-electron chi connectivity index (χ1n) is 4.75. The second kappa shape index (κ2) is 5.15. The molecule has 4 heteroatoms. The molecule has 0 spiro atoms. The summed E-state index contributed by atoms with van der Waals surface area (Å²) in [4.78, 5) is 1.29. The van der Waals surface area contributed by atoms with Gasteiger partial charge < -0.3 is 5.32 Å². The zero-order valence-electron chi connectivity index (χ0n) is 8.40. The van der Waals surface area contributed by atoms with Gasteiger partial charge in [0, 0.05) is 21.6 Å². The van der Waals surface area contributed by atoms with Crippen LogP contribution < -0.4 is 5.32 Å². The van der Waals surface area contributed by atoms with Gasteiger partial charge >= 0.3 is 0 Å². The summed E-state index contributed by atoms with van der Waals surface area (Å²) < 4.78 is 0.825. The second-order valence-corrected chi connectivity index (χ2v) is 5.13. The predicted molar refractivity (Wildman–Crippen MR) is 70.5 cm³/mol. The summed E-state index contributed by atoms with van der Waals surface area (Å²) in [5, 5.41) is 14.2. The number of halogens is 1. The highest BCUT2D eigenvalue weighted by molar-refractivity contribution is 9.10. The highest BCUT2D eigenvalue weighted by Gasteiger charge is 2.00. The van der Waals surface area contributed by atoms with Crippen molar-refractivity contribution in [1.82, 2.24) is 0 Å². The molecule has 0 saturated carbocycles. The maximum Gasteiger partial charge on any atom is 0.100 e. The van der Waals surface area contributed by atoms with Crippen molar-refractivity contribution in [3.8, 4) is 6.07 Å². The molecule has 2 aromatic rings. The third-order valence-corrected chi connectivity index (χ3v) is 3.67. The zero-order valence-corrected chi connectivity index (χ0v) is 10.8. The molecule has 1 aromatic heterocycles. The molecule has 16 heavy (non-hydrogen) atoms. The van der Waals surface area contributed by atoms with Gasteiger partial charge in [0.2, 0.25) is 0 Å². The van der Waals surface area contributed by atoms with Crippen molar-refractivity contribution in [3.05, 3.63) is 50.6 Å². The van der Waals surface area contributed by atoms with Crippen LogP contribution in [0.15, 0.2) is 40.2 Å². The minimum Gasteiger partial charge on any atom is -0.380 e. The van der Waals surface area contributed by atoms with Crippen molar-refractivity contribution in [2.45, 2.75) is 6.54 Å². The Kier molecular flexibility index (Phi) is 3.60. The van der Waals surface area contributed by atoms with E-state index in [4.69, 9.17) is 5.26 Å². The van der Waals surface area contributed by atoms with E-state index in [1.54, 1.807) is 17.4 Å². The van der Waals surface area contributed by atoms with Gasteiger partial charge in [0.05, 0.1) is 5.56 Å². The lowest BCUT2D eigenvalue weighted by Crippen LogP contribution is -1.97. The summed E-state index contributed by atoms with van der Waals surface area (Å²) in [5.74, 6) is 0. The number of thiophene rings is 1. The molecule has 0 saturated heterocycles. The maximum absolute atomic E-state index is 8.79. The number of benzene rings is 1. The van der Waals surface area contributed by atoms with E-state index >= 15 is 0 Å². The van der Waals surface area contributed by atoms with Gasteiger partial charge in [-0.25, -0.2) is 0 Å². The van der Waals surface area contributed by atoms with Crippen molar-refractivity contribution in [2.75, 3.05) is 5.32 Å². The van der Waals surface area contributed by atoms with Gasteiger partial charge in [-0.3, -0.25) is 0 Å². The van der Waals surface area contributed by atoms with E-state index in [0.29, 0.717) is 5.56 Å². The first-order valence-corrected chi connectivity index (χ1v) is 6.43. The zero-order chi connectivity index (χ0) is 11.4. The quantitative estimate of drug-likeness (QED) is 0.928. The van der Waals surface area contributed by atoms with Crippen LogP contribution in [0.3, 0.4) is 0 Å². The van der Waals surface area contributed by atoms with Crippen LogP contribution in [0.4, 0.5) is 5.69 Å². The van der Waals surface area contributed by atoms with Crippen LogP contribution in [0, 0.1) is 11.3 Å². The van der Waals surface area contributed by atoms with Crippen LogP contribution in [0.5, 0.6) is 0 Å². The molecule has 1 heterocycles. The molecular formula is C12H9BrN2S. The number of rotatable bonds is 3. The van der Waals surface area contributed by atoms with Crippen molar-refractivity contribution in [3.63, 3.8) is 0 Å². The molecule has 0 unspecified atom stereocenters. The molecule has 0 atom stereocenters. The molecule has 1 aromatic carbocycles. The summed E-state index contributed by atoms with van der Waals surface area (Å²) in [6, 6.07) is 11.9. The van der Waals surface area contributed by atoms with Crippen LogP contribution in [-0.2, 0) is 6.54 Å². The Balaban J connectivity index is 2.06. The van der Waals surface area contributed by atoms with E-state index in [1.165, 1.54) is 4.88 Å². The first kappa shape index (κ1) is 11.2. The standard InChI is InChI=1S/C12H9BrN2S/c13-12-6-10(4-3-9(12)7-14)15-8-11-2-1-5-16-11/h1-6,15H,8H2. The molecule has 0 aliphatic rings. The van der Waals surface area contributed by atoms with Crippen molar-refractivity contribution in [2.24, 2.45) is 0 Å². The summed E-state index contributed by atoms with van der Waals surface area (Å²) in [7, 11) is 0. The number of anilines is 1. The van der Waals surface area contributed by atoms with E-state index in [2.05, 4.69) is 38.8 Å². The highest BCUT2D eigenvalue weighted by Crippen LogP contribution is 2.21. The third kappa shape index (κ3) is 2.63. The lowest BCUT2D eigenvalue weighted by atomic mass is 10.2. The van der Waals surface area contributed by atoms with E-state index in [9.17, 15) is 0 Å². The monoisotopic (exact) mass is 292 g/mol. The molecule has 2 nitrogen and oxygen atoms in total. The van der Waals surface area contributed by atoms with Crippen LogP contribution in [0.1, 0.15) is 10.4 Å². The van der Waals surface area contributed by atoms with Gasteiger partial charge in [0.1, 0.15) is 6.07 Å². The van der Waals surface area contributed by atoms with E-state index in [0.717, 1.165) is 16.7 Å². The van der Waals surface area contributed by atoms with Gasteiger partial charge in [0.15, 0.2) is 0 Å². The maximum atomic E-state index is 8.79. The molecule has 1 N–H and O–H groups in total. The van der Waals surface area contributed by atoms with Gasteiger partial charge in [-0.15, -0.1) is 11.3 Å². The van der Waals surface area contributed by atoms with Crippen LogP contribution in [-0.4, -0.2) is 0 Å². The van der Waals surface area contributed by atoms with Crippen molar-refractivity contribution < 1.29 is 0 Å². The third-order valence-electron chi connectivity index (χ3n) is 2.14. The minimum atomic E-state index is 0.654. The molecule has 0 aliphatic heterocycles. The highest BCUT2D eigenvalue weighted by atomic mass is 79.9. The predicted octanol–water partition coefficient (Wildman–Crippen LogP) is 3.99. The average molecular weight is 293 g/mol.